The van der Waals surface area contributed by atoms with Crippen LogP contribution in [0.4, 0.5) is 18.0 Å². The zero-order valence-corrected chi connectivity index (χ0v) is 23.9. The van der Waals surface area contributed by atoms with Crippen LogP contribution in [0, 0.1) is 17.5 Å². The minimum absolute atomic E-state index is 0.0958. The summed E-state index contributed by atoms with van der Waals surface area (Å²) in [6.07, 6.45) is 3.12. The lowest BCUT2D eigenvalue weighted by Crippen LogP contribution is -2.52. The van der Waals surface area contributed by atoms with Gasteiger partial charge in [-0.1, -0.05) is 60.8 Å². The van der Waals surface area contributed by atoms with Crippen molar-refractivity contribution in [1.82, 2.24) is 9.62 Å². The largest absolute Gasteiger partial charge is 0.444 e. The minimum atomic E-state index is -4.83. The molecule has 216 valence electrons. The second-order valence-electron chi connectivity index (χ2n) is 10.3. The smallest absolute Gasteiger partial charge is 0.407 e. The molecule has 1 amide bonds. The van der Waals surface area contributed by atoms with Crippen LogP contribution in [-0.2, 0) is 21.2 Å². The number of ether oxygens (including phenoxy) is 1. The van der Waals surface area contributed by atoms with Crippen molar-refractivity contribution in [3.8, 4) is 0 Å². The average Bonchev–Trinajstić information content (AvgIpc) is 2.86. The monoisotopic (exact) mass is 596 g/mol. The normalized spacial score (nSPS) is 15.5. The summed E-state index contributed by atoms with van der Waals surface area (Å²) in [4.78, 5) is 11.9. The molecule has 0 saturated carbocycles. The van der Waals surface area contributed by atoms with Crippen molar-refractivity contribution in [2.75, 3.05) is 13.1 Å². The summed E-state index contributed by atoms with van der Waals surface area (Å²) in [6.45, 7) is 3.96. The van der Waals surface area contributed by atoms with E-state index in [1.165, 1.54) is 0 Å². The Balaban J connectivity index is 1.99. The van der Waals surface area contributed by atoms with Gasteiger partial charge in [0.1, 0.15) is 16.3 Å². The van der Waals surface area contributed by atoms with Crippen molar-refractivity contribution in [3.63, 3.8) is 0 Å². The van der Waals surface area contributed by atoms with Gasteiger partial charge in [-0.25, -0.2) is 26.4 Å². The zero-order valence-electron chi connectivity index (χ0n) is 22.2. The van der Waals surface area contributed by atoms with Crippen molar-refractivity contribution < 1.29 is 36.2 Å². The molecule has 0 spiro atoms. The SMILES string of the molecule is CC(C)(C)OC(=O)N[C@@H](Cc1ccccc1)[C@H](O)CN(CC1=CC=CCC1=S)S(=O)(=O)c1cc(F)c(F)cc1F. The lowest BCUT2D eigenvalue weighted by atomic mass is 10.0. The van der Waals surface area contributed by atoms with Crippen LogP contribution < -0.4 is 5.32 Å². The quantitative estimate of drug-likeness (QED) is 0.301. The topological polar surface area (TPSA) is 95.9 Å². The first-order valence-electron chi connectivity index (χ1n) is 12.4. The van der Waals surface area contributed by atoms with E-state index in [9.17, 15) is 31.5 Å². The fraction of sp³-hybridized carbons (Fsp3) is 0.357. The molecule has 0 aliphatic heterocycles. The van der Waals surface area contributed by atoms with E-state index in [1.54, 1.807) is 69.3 Å². The number of aliphatic hydroxyl groups is 1. The van der Waals surface area contributed by atoms with Crippen LogP contribution in [0.2, 0.25) is 0 Å². The first-order chi connectivity index (χ1) is 18.7. The second-order valence-corrected chi connectivity index (χ2v) is 12.7. The molecule has 2 aromatic carbocycles. The number of thiocarbonyl (C=S) groups is 1. The first-order valence-corrected chi connectivity index (χ1v) is 14.3. The van der Waals surface area contributed by atoms with Gasteiger partial charge in [-0.15, -0.1) is 0 Å². The molecule has 2 aromatic rings. The maximum atomic E-state index is 14.7. The van der Waals surface area contributed by atoms with Crippen molar-refractivity contribution in [2.24, 2.45) is 0 Å². The van der Waals surface area contributed by atoms with Crippen LogP contribution >= 0.6 is 12.2 Å². The van der Waals surface area contributed by atoms with Crippen LogP contribution in [0.5, 0.6) is 0 Å². The number of rotatable bonds is 10. The molecule has 1 aliphatic rings. The van der Waals surface area contributed by atoms with Crippen LogP contribution in [0.3, 0.4) is 0 Å². The number of carbonyl (C=O) groups excluding carboxylic acids is 1. The number of benzene rings is 2. The minimum Gasteiger partial charge on any atom is -0.444 e. The second kappa shape index (κ2) is 13.1. The summed E-state index contributed by atoms with van der Waals surface area (Å²) in [6, 6.07) is 8.20. The summed E-state index contributed by atoms with van der Waals surface area (Å²) in [7, 11) is -4.83. The first kappa shape index (κ1) is 31.5. The van der Waals surface area contributed by atoms with Gasteiger partial charge in [-0.05, 0) is 44.4 Å². The maximum absolute atomic E-state index is 14.7. The summed E-state index contributed by atoms with van der Waals surface area (Å²) in [5.41, 5.74) is 0.295. The number of alkyl carbamates (subject to hydrolysis) is 1. The van der Waals surface area contributed by atoms with E-state index >= 15 is 0 Å². The number of hydrogen-bond donors (Lipinski definition) is 2. The molecule has 0 fully saturated rings. The summed E-state index contributed by atoms with van der Waals surface area (Å²) in [5, 5.41) is 13.9. The van der Waals surface area contributed by atoms with E-state index in [1.807, 2.05) is 0 Å². The molecule has 0 unspecified atom stereocenters. The summed E-state index contributed by atoms with van der Waals surface area (Å²) >= 11 is 5.35. The maximum Gasteiger partial charge on any atom is 0.407 e. The van der Waals surface area contributed by atoms with Crippen LogP contribution in [-0.4, -0.2) is 59.6 Å². The number of nitrogens with one attached hydrogen (secondary N) is 1. The molecule has 0 radical (unpaired) electrons. The van der Waals surface area contributed by atoms with Gasteiger partial charge in [0.15, 0.2) is 11.6 Å². The molecule has 7 nitrogen and oxygen atoms in total. The molecule has 40 heavy (non-hydrogen) atoms. The number of aliphatic hydroxyl groups excluding tert-OH is 1. The van der Waals surface area contributed by atoms with Crippen molar-refractivity contribution in [1.29, 1.82) is 0 Å². The van der Waals surface area contributed by atoms with Gasteiger partial charge in [0, 0.05) is 30.4 Å². The molecule has 0 aromatic heterocycles. The molecular formula is C28H31F3N2O5S2. The number of halogens is 3. The van der Waals surface area contributed by atoms with Crippen molar-refractivity contribution in [2.45, 2.75) is 56.3 Å². The number of hydrogen-bond acceptors (Lipinski definition) is 6. The van der Waals surface area contributed by atoms with E-state index in [0.29, 0.717) is 16.9 Å². The van der Waals surface area contributed by atoms with Crippen LogP contribution in [0.15, 0.2) is 71.2 Å². The third kappa shape index (κ3) is 8.47. The molecule has 3 rings (SSSR count). The Hall–Kier alpha value is -3.06. The van der Waals surface area contributed by atoms with Crippen molar-refractivity contribution >= 4 is 33.2 Å². The Bertz CT molecular complexity index is 1410. The van der Waals surface area contributed by atoms with E-state index in [4.69, 9.17) is 17.0 Å². The molecular weight excluding hydrogens is 565 g/mol. The molecule has 0 heterocycles. The lowest BCUT2D eigenvalue weighted by molar-refractivity contribution is 0.0405. The Morgan fingerprint density at radius 3 is 2.40 bits per heavy atom. The van der Waals surface area contributed by atoms with E-state index in [-0.39, 0.29) is 25.1 Å². The van der Waals surface area contributed by atoms with Gasteiger partial charge in [-0.2, -0.15) is 4.31 Å². The highest BCUT2D eigenvalue weighted by molar-refractivity contribution is 7.89. The Morgan fingerprint density at radius 1 is 1.12 bits per heavy atom. The predicted molar refractivity (Wildman–Crippen MR) is 149 cm³/mol. The Morgan fingerprint density at radius 2 is 1.77 bits per heavy atom. The number of amides is 1. The average molecular weight is 597 g/mol. The molecule has 0 saturated heterocycles. The highest BCUT2D eigenvalue weighted by atomic mass is 32.2. The molecule has 12 heteroatoms. The molecule has 1 aliphatic carbocycles. The third-order valence-electron chi connectivity index (χ3n) is 5.89. The number of sulfonamides is 1. The van der Waals surface area contributed by atoms with E-state index in [0.717, 1.165) is 9.87 Å². The number of allylic oxidation sites excluding steroid dienone is 3. The van der Waals surface area contributed by atoms with Crippen LogP contribution in [0.1, 0.15) is 32.8 Å². The summed E-state index contributed by atoms with van der Waals surface area (Å²) < 4.78 is 75.5. The fourth-order valence-electron chi connectivity index (χ4n) is 3.95. The van der Waals surface area contributed by atoms with Gasteiger partial charge < -0.3 is 15.2 Å². The third-order valence-corrected chi connectivity index (χ3v) is 8.15. The molecule has 2 N–H and O–H groups in total. The van der Waals surface area contributed by atoms with Gasteiger partial charge in [0.2, 0.25) is 10.0 Å². The molecule has 2 atom stereocenters. The Labute approximate surface area is 237 Å². The predicted octanol–water partition coefficient (Wildman–Crippen LogP) is 4.85. The van der Waals surface area contributed by atoms with Gasteiger partial charge in [0.25, 0.3) is 0 Å². The highest BCUT2D eigenvalue weighted by Gasteiger charge is 2.35. The van der Waals surface area contributed by atoms with Gasteiger partial charge in [0.05, 0.1) is 12.1 Å². The van der Waals surface area contributed by atoms with Crippen molar-refractivity contribution in [3.05, 3.63) is 89.3 Å². The lowest BCUT2D eigenvalue weighted by Gasteiger charge is -2.31. The zero-order chi connectivity index (χ0) is 29.7. The fourth-order valence-corrected chi connectivity index (χ4v) is 5.67. The number of carbonyl (C=O) groups is 1. The van der Waals surface area contributed by atoms with Gasteiger partial charge >= 0.3 is 6.09 Å². The van der Waals surface area contributed by atoms with Crippen LogP contribution in [0.25, 0.3) is 0 Å². The summed E-state index contributed by atoms with van der Waals surface area (Å²) in [5.74, 6) is -4.59. The van der Waals surface area contributed by atoms with E-state index in [2.05, 4.69) is 5.32 Å². The molecule has 0 bridgehead atoms. The standard InChI is InChI=1S/C28H31F3N2O5S2/c1-28(2,3)38-27(35)32-23(13-18-9-5-4-6-10-18)24(34)17-33(16-19-11-7-8-12-25(19)39)40(36,37)26-15-21(30)20(29)14-22(26)31/h4-11,14-15,23-24,34H,12-13,16-17H2,1-3H3,(H,32,35)/t23-,24+/m0/s1. The highest BCUT2D eigenvalue weighted by Crippen LogP contribution is 2.25. The van der Waals surface area contributed by atoms with Gasteiger partial charge in [-0.3, -0.25) is 0 Å². The number of nitrogens with zero attached hydrogens (tertiary/aromatic N) is 1. The van der Waals surface area contributed by atoms with E-state index < -0.39 is 62.8 Å². The Kier molecular flexibility index (Phi) is 10.3.